The number of carbonyl (C=O) groups excluding carboxylic acids is 1. The first kappa shape index (κ1) is 14.7. The molecular weight excluding hydrogens is 299 g/mol. The zero-order valence-electron chi connectivity index (χ0n) is 11.1. The third-order valence-corrected chi connectivity index (χ3v) is 3.48. The minimum absolute atomic E-state index is 0.183. The van der Waals surface area contributed by atoms with E-state index in [1.54, 1.807) is 22.8 Å². The van der Waals surface area contributed by atoms with E-state index in [1.165, 1.54) is 12.1 Å². The van der Waals surface area contributed by atoms with Crippen LogP contribution in [0.15, 0.2) is 24.5 Å². The Morgan fingerprint density at radius 1 is 1.40 bits per heavy atom. The van der Waals surface area contributed by atoms with E-state index in [1.807, 2.05) is 13.2 Å². The lowest BCUT2D eigenvalue weighted by Crippen LogP contribution is -2.26. The van der Waals surface area contributed by atoms with Crippen LogP contribution in [0.1, 0.15) is 15.9 Å². The van der Waals surface area contributed by atoms with Crippen LogP contribution >= 0.6 is 23.2 Å². The molecule has 0 atom stereocenters. The van der Waals surface area contributed by atoms with Crippen LogP contribution in [0.4, 0.5) is 5.69 Å². The number of hydrogen-bond donors (Lipinski definition) is 1. The molecule has 0 spiro atoms. The summed E-state index contributed by atoms with van der Waals surface area (Å²) in [6.07, 6.45) is 3.57. The Balaban J connectivity index is 2.18. The van der Waals surface area contributed by atoms with Crippen molar-refractivity contribution in [1.29, 1.82) is 0 Å². The monoisotopic (exact) mass is 312 g/mol. The van der Waals surface area contributed by atoms with E-state index < -0.39 is 0 Å². The molecule has 2 rings (SSSR count). The van der Waals surface area contributed by atoms with Crippen molar-refractivity contribution in [2.45, 2.75) is 6.54 Å². The van der Waals surface area contributed by atoms with E-state index in [2.05, 4.69) is 5.10 Å². The van der Waals surface area contributed by atoms with Crippen LogP contribution in [0.25, 0.3) is 0 Å². The molecule has 0 aliphatic rings. The minimum atomic E-state index is -0.183. The van der Waals surface area contributed by atoms with Gasteiger partial charge >= 0.3 is 0 Å². The predicted molar refractivity (Wildman–Crippen MR) is 79.9 cm³/mol. The number of aryl methyl sites for hydroxylation is 1. The number of amides is 1. The van der Waals surface area contributed by atoms with Gasteiger partial charge in [-0.3, -0.25) is 9.48 Å². The molecule has 0 fully saturated rings. The van der Waals surface area contributed by atoms with Crippen molar-refractivity contribution in [3.63, 3.8) is 0 Å². The Kier molecular flexibility index (Phi) is 4.20. The fourth-order valence-corrected chi connectivity index (χ4v) is 2.31. The molecule has 106 valence electrons. The van der Waals surface area contributed by atoms with Crippen LogP contribution < -0.4 is 5.73 Å². The van der Waals surface area contributed by atoms with Gasteiger partial charge in [-0.2, -0.15) is 5.10 Å². The van der Waals surface area contributed by atoms with Crippen molar-refractivity contribution in [2.24, 2.45) is 7.05 Å². The largest absolute Gasteiger partial charge is 0.396 e. The molecule has 5 nitrogen and oxygen atoms in total. The molecule has 1 heterocycles. The number of rotatable bonds is 3. The van der Waals surface area contributed by atoms with Crippen LogP contribution in [0.5, 0.6) is 0 Å². The zero-order valence-corrected chi connectivity index (χ0v) is 12.6. The third kappa shape index (κ3) is 3.05. The van der Waals surface area contributed by atoms with Crippen molar-refractivity contribution in [1.82, 2.24) is 14.7 Å². The van der Waals surface area contributed by atoms with Crippen LogP contribution in [-0.2, 0) is 13.6 Å². The molecule has 2 aromatic rings. The highest BCUT2D eigenvalue weighted by molar-refractivity contribution is 6.39. The lowest BCUT2D eigenvalue weighted by molar-refractivity contribution is 0.0785. The molecule has 0 unspecified atom stereocenters. The van der Waals surface area contributed by atoms with Gasteiger partial charge in [0.15, 0.2) is 0 Å². The van der Waals surface area contributed by atoms with Gasteiger partial charge < -0.3 is 10.6 Å². The molecule has 1 aromatic heterocycles. The average molecular weight is 313 g/mol. The average Bonchev–Trinajstić information content (AvgIpc) is 2.79. The third-order valence-electron chi connectivity index (χ3n) is 2.85. The molecule has 0 aliphatic carbocycles. The van der Waals surface area contributed by atoms with Gasteiger partial charge in [-0.15, -0.1) is 0 Å². The van der Waals surface area contributed by atoms with E-state index in [-0.39, 0.29) is 21.6 Å². The lowest BCUT2D eigenvalue weighted by Gasteiger charge is -2.17. The first-order valence-electron chi connectivity index (χ1n) is 5.86. The summed E-state index contributed by atoms with van der Waals surface area (Å²) in [6.45, 7) is 0.451. The van der Waals surface area contributed by atoms with E-state index in [9.17, 15) is 4.79 Å². The summed E-state index contributed by atoms with van der Waals surface area (Å²) in [6, 6.07) is 3.04. The number of carbonyl (C=O) groups is 1. The van der Waals surface area contributed by atoms with E-state index in [0.717, 1.165) is 5.56 Å². The maximum absolute atomic E-state index is 12.3. The Labute approximate surface area is 126 Å². The number of nitrogen functional groups attached to an aromatic ring is 1. The Morgan fingerprint density at radius 3 is 2.50 bits per heavy atom. The molecule has 1 aromatic carbocycles. The first-order chi connectivity index (χ1) is 9.38. The van der Waals surface area contributed by atoms with Crippen LogP contribution in [0.2, 0.25) is 10.0 Å². The van der Waals surface area contributed by atoms with Crippen molar-refractivity contribution in [3.05, 3.63) is 45.7 Å². The van der Waals surface area contributed by atoms with Crippen molar-refractivity contribution in [3.8, 4) is 0 Å². The Bertz CT molecular complexity index is 631. The molecule has 0 saturated heterocycles. The highest BCUT2D eigenvalue weighted by Gasteiger charge is 2.15. The fraction of sp³-hybridized carbons (Fsp3) is 0.231. The second kappa shape index (κ2) is 5.73. The maximum Gasteiger partial charge on any atom is 0.254 e. The number of halogens is 2. The SMILES string of the molecule is CN(Cc1cnn(C)c1)C(=O)c1cc(Cl)c(N)c(Cl)c1. The van der Waals surface area contributed by atoms with Gasteiger partial charge in [0.1, 0.15) is 0 Å². The first-order valence-corrected chi connectivity index (χ1v) is 6.61. The molecule has 7 heteroatoms. The van der Waals surface area contributed by atoms with E-state index >= 15 is 0 Å². The topological polar surface area (TPSA) is 64.2 Å². The van der Waals surface area contributed by atoms with Crippen LogP contribution in [-0.4, -0.2) is 27.6 Å². The van der Waals surface area contributed by atoms with E-state index in [0.29, 0.717) is 12.1 Å². The van der Waals surface area contributed by atoms with Gasteiger partial charge in [0, 0.05) is 38.0 Å². The number of anilines is 1. The molecule has 0 bridgehead atoms. The molecule has 0 saturated carbocycles. The van der Waals surface area contributed by atoms with Gasteiger partial charge in [0.25, 0.3) is 5.91 Å². The summed E-state index contributed by atoms with van der Waals surface area (Å²) in [5.74, 6) is -0.183. The quantitative estimate of drug-likeness (QED) is 0.886. The van der Waals surface area contributed by atoms with Gasteiger partial charge in [-0.1, -0.05) is 23.2 Å². The van der Waals surface area contributed by atoms with E-state index in [4.69, 9.17) is 28.9 Å². The second-order valence-electron chi connectivity index (χ2n) is 4.54. The fourth-order valence-electron chi connectivity index (χ4n) is 1.83. The highest BCUT2D eigenvalue weighted by Crippen LogP contribution is 2.29. The van der Waals surface area contributed by atoms with Gasteiger partial charge in [-0.05, 0) is 12.1 Å². The summed E-state index contributed by atoms with van der Waals surface area (Å²) in [4.78, 5) is 13.9. The van der Waals surface area contributed by atoms with Crippen molar-refractivity contribution >= 4 is 34.8 Å². The Morgan fingerprint density at radius 2 is 2.00 bits per heavy atom. The van der Waals surface area contributed by atoms with Crippen molar-refractivity contribution < 1.29 is 4.79 Å². The molecule has 0 aliphatic heterocycles. The number of aromatic nitrogens is 2. The van der Waals surface area contributed by atoms with Crippen LogP contribution in [0, 0.1) is 0 Å². The molecule has 20 heavy (non-hydrogen) atoms. The van der Waals surface area contributed by atoms with Crippen LogP contribution in [0.3, 0.4) is 0 Å². The summed E-state index contributed by atoms with van der Waals surface area (Å²) in [5, 5.41) is 4.61. The molecule has 0 radical (unpaired) electrons. The number of nitrogens with two attached hydrogens (primary N) is 1. The molecule has 1 amide bonds. The lowest BCUT2D eigenvalue weighted by atomic mass is 10.1. The number of hydrogen-bond acceptors (Lipinski definition) is 3. The normalized spacial score (nSPS) is 10.6. The zero-order chi connectivity index (χ0) is 14.9. The maximum atomic E-state index is 12.3. The standard InChI is InChI=1S/C13H14Cl2N4O/c1-18(6-8-5-17-19(2)7-8)13(20)9-3-10(14)12(16)11(15)4-9/h3-5,7H,6,16H2,1-2H3. The summed E-state index contributed by atoms with van der Waals surface area (Å²) in [5.41, 5.74) is 7.28. The number of nitrogens with zero attached hydrogens (tertiary/aromatic N) is 3. The van der Waals surface area contributed by atoms with Gasteiger partial charge in [-0.25, -0.2) is 0 Å². The van der Waals surface area contributed by atoms with Gasteiger partial charge in [0.2, 0.25) is 0 Å². The predicted octanol–water partition coefficient (Wildman–Crippen LogP) is 2.58. The minimum Gasteiger partial charge on any atom is -0.396 e. The summed E-state index contributed by atoms with van der Waals surface area (Å²) >= 11 is 11.9. The number of benzene rings is 1. The summed E-state index contributed by atoms with van der Waals surface area (Å²) in [7, 11) is 3.53. The molecule has 2 N–H and O–H groups in total. The van der Waals surface area contributed by atoms with Crippen molar-refractivity contribution in [2.75, 3.05) is 12.8 Å². The smallest absolute Gasteiger partial charge is 0.254 e. The highest BCUT2D eigenvalue weighted by atomic mass is 35.5. The molecular formula is C13H14Cl2N4O. The Hall–Kier alpha value is -1.72. The second-order valence-corrected chi connectivity index (χ2v) is 5.35. The summed E-state index contributed by atoms with van der Waals surface area (Å²) < 4.78 is 1.69. The van der Waals surface area contributed by atoms with Gasteiger partial charge in [0.05, 0.1) is 21.9 Å².